The van der Waals surface area contributed by atoms with Crippen molar-refractivity contribution in [2.75, 3.05) is 11.9 Å². The van der Waals surface area contributed by atoms with Gasteiger partial charge in [0.1, 0.15) is 22.9 Å². The summed E-state index contributed by atoms with van der Waals surface area (Å²) in [6.45, 7) is 2.96. The van der Waals surface area contributed by atoms with Crippen molar-refractivity contribution < 1.29 is 19.4 Å². The average Bonchev–Trinajstić information content (AvgIpc) is 3.46. The number of alkyl carbamates (subject to hydrolysis) is 1. The third-order valence-electron chi connectivity index (χ3n) is 5.99. The van der Waals surface area contributed by atoms with E-state index in [4.69, 9.17) is 4.74 Å². The first kappa shape index (κ1) is 24.3. The van der Waals surface area contributed by atoms with Crippen LogP contribution in [-0.2, 0) is 28.9 Å². The number of carbonyl (C=O) groups excluding carboxylic acids is 2. The van der Waals surface area contributed by atoms with Crippen LogP contribution in [0.2, 0.25) is 0 Å². The number of aromatic nitrogens is 2. The van der Waals surface area contributed by atoms with Gasteiger partial charge >= 0.3 is 6.09 Å². The molecule has 0 fully saturated rings. The number of anilines is 1. The molecule has 0 aliphatic heterocycles. The molecule has 2 aromatic heterocycles. The number of thiophene rings is 1. The minimum absolute atomic E-state index is 0.0905. The first-order valence-corrected chi connectivity index (χ1v) is 12.3. The van der Waals surface area contributed by atoms with Crippen LogP contribution in [0.3, 0.4) is 0 Å². The molecule has 10 heteroatoms. The van der Waals surface area contributed by atoms with Gasteiger partial charge in [-0.3, -0.25) is 4.79 Å². The second-order valence-electron chi connectivity index (χ2n) is 8.57. The quantitative estimate of drug-likeness (QED) is 0.436. The average molecular weight is 494 g/mol. The highest BCUT2D eigenvalue weighted by molar-refractivity contribution is 7.16. The lowest BCUT2D eigenvalue weighted by atomic mass is 9.93. The number of aromatic hydroxyl groups is 1. The van der Waals surface area contributed by atoms with Crippen LogP contribution in [0.25, 0.3) is 0 Å². The summed E-state index contributed by atoms with van der Waals surface area (Å²) >= 11 is 1.37. The molecule has 4 rings (SSSR count). The fourth-order valence-corrected chi connectivity index (χ4v) is 5.45. The molecule has 9 nitrogen and oxygen atoms in total. The van der Waals surface area contributed by atoms with Gasteiger partial charge in [0.15, 0.2) is 0 Å². The summed E-state index contributed by atoms with van der Waals surface area (Å²) in [4.78, 5) is 29.8. The van der Waals surface area contributed by atoms with Gasteiger partial charge in [-0.2, -0.15) is 5.26 Å². The van der Waals surface area contributed by atoms with E-state index in [0.717, 1.165) is 16.0 Å². The third-order valence-corrected chi connectivity index (χ3v) is 7.16. The van der Waals surface area contributed by atoms with E-state index in [9.17, 15) is 20.0 Å². The highest BCUT2D eigenvalue weighted by atomic mass is 32.1. The Morgan fingerprint density at radius 1 is 1.43 bits per heavy atom. The van der Waals surface area contributed by atoms with Gasteiger partial charge in [0.05, 0.1) is 11.9 Å². The summed E-state index contributed by atoms with van der Waals surface area (Å²) in [5.74, 6) is -0.121. The predicted molar refractivity (Wildman–Crippen MR) is 131 cm³/mol. The smallest absolute Gasteiger partial charge is 0.407 e. The Labute approximate surface area is 207 Å². The molecule has 2 heterocycles. The molecule has 1 aromatic carbocycles. The number of carbonyl (C=O) groups is 2. The van der Waals surface area contributed by atoms with Crippen LogP contribution >= 0.6 is 11.3 Å². The zero-order valence-electron chi connectivity index (χ0n) is 19.4. The number of nitrogens with zero attached hydrogens (tertiary/aromatic N) is 3. The number of fused-ring (bicyclic) bond motifs is 1. The van der Waals surface area contributed by atoms with Gasteiger partial charge in [0, 0.05) is 43.2 Å². The summed E-state index contributed by atoms with van der Waals surface area (Å²) in [5, 5.41) is 25.6. The van der Waals surface area contributed by atoms with E-state index in [0.29, 0.717) is 42.9 Å². The summed E-state index contributed by atoms with van der Waals surface area (Å²) in [5.41, 5.74) is 2.29. The molecular formula is C25H27N5O4S. The molecule has 2 amide bonds. The van der Waals surface area contributed by atoms with Gasteiger partial charge in [0.2, 0.25) is 5.91 Å². The standard InChI is InChI=1S/C25H27N5O4S/c1-16(17-3-2-4-18(31)12-17)11-23(32)29-24-21(14-26)20-6-5-19(13-22(20)35-24)34-25(33)28-8-10-30-9-7-27-15-30/h2-4,7,9,12,15-16,19,31H,5-6,8,10-11,13H2,1H3,(H,28,33)(H,29,32). The van der Waals surface area contributed by atoms with Crippen LogP contribution in [0, 0.1) is 11.3 Å². The maximum atomic E-state index is 12.7. The Bertz CT molecular complexity index is 1230. The van der Waals surface area contributed by atoms with Gasteiger partial charge in [-0.15, -0.1) is 11.3 Å². The van der Waals surface area contributed by atoms with Crippen molar-refractivity contribution in [3.8, 4) is 11.8 Å². The number of hydrogen-bond donors (Lipinski definition) is 3. The van der Waals surface area contributed by atoms with Gasteiger partial charge in [-0.05, 0) is 42.0 Å². The minimum Gasteiger partial charge on any atom is -0.508 e. The fourth-order valence-electron chi connectivity index (χ4n) is 4.17. The SMILES string of the molecule is CC(CC(=O)Nc1sc2c(c1C#N)CCC(OC(=O)NCCn1ccnc1)C2)c1cccc(O)c1. The molecule has 182 valence electrons. The van der Waals surface area contributed by atoms with E-state index in [1.54, 1.807) is 30.7 Å². The number of ether oxygens (including phenoxy) is 1. The van der Waals surface area contributed by atoms with Crippen molar-refractivity contribution in [3.05, 3.63) is 64.6 Å². The summed E-state index contributed by atoms with van der Waals surface area (Å²) in [6.07, 6.45) is 6.40. The van der Waals surface area contributed by atoms with E-state index in [-0.39, 0.29) is 30.1 Å². The van der Waals surface area contributed by atoms with Crippen LogP contribution < -0.4 is 10.6 Å². The highest BCUT2D eigenvalue weighted by Crippen LogP contribution is 2.38. The van der Waals surface area contributed by atoms with Crippen molar-refractivity contribution in [3.63, 3.8) is 0 Å². The Hall–Kier alpha value is -3.84. The van der Waals surface area contributed by atoms with Crippen molar-refractivity contribution in [2.45, 2.75) is 51.2 Å². The van der Waals surface area contributed by atoms with Gasteiger partial charge in [0.25, 0.3) is 0 Å². The molecular weight excluding hydrogens is 466 g/mol. The fraction of sp³-hybridized carbons (Fsp3) is 0.360. The van der Waals surface area contributed by atoms with Gasteiger partial charge < -0.3 is 25.0 Å². The summed E-state index contributed by atoms with van der Waals surface area (Å²) in [7, 11) is 0. The normalized spacial score (nSPS) is 15.5. The van der Waals surface area contributed by atoms with Gasteiger partial charge in [-0.1, -0.05) is 19.1 Å². The van der Waals surface area contributed by atoms with Gasteiger partial charge in [-0.25, -0.2) is 9.78 Å². The van der Waals surface area contributed by atoms with E-state index in [2.05, 4.69) is 21.7 Å². The van der Waals surface area contributed by atoms with Crippen molar-refractivity contribution in [1.29, 1.82) is 5.26 Å². The molecule has 35 heavy (non-hydrogen) atoms. The Morgan fingerprint density at radius 2 is 2.29 bits per heavy atom. The number of rotatable bonds is 8. The van der Waals surface area contributed by atoms with Crippen molar-refractivity contribution in [1.82, 2.24) is 14.9 Å². The summed E-state index contributed by atoms with van der Waals surface area (Å²) < 4.78 is 7.45. The second kappa shape index (κ2) is 11.1. The van der Waals surface area contributed by atoms with E-state index in [1.807, 2.05) is 23.8 Å². The molecule has 0 saturated heterocycles. The maximum Gasteiger partial charge on any atom is 0.407 e. The molecule has 2 atom stereocenters. The summed E-state index contributed by atoms with van der Waals surface area (Å²) in [6, 6.07) is 9.09. The van der Waals surface area contributed by atoms with Crippen LogP contribution in [0.15, 0.2) is 43.0 Å². The zero-order chi connectivity index (χ0) is 24.8. The molecule has 3 N–H and O–H groups in total. The number of benzene rings is 1. The molecule has 1 aliphatic rings. The largest absolute Gasteiger partial charge is 0.508 e. The first-order chi connectivity index (χ1) is 16.9. The number of imidazole rings is 1. The first-order valence-electron chi connectivity index (χ1n) is 11.5. The zero-order valence-corrected chi connectivity index (χ0v) is 20.2. The molecule has 3 aromatic rings. The van der Waals surface area contributed by atoms with E-state index in [1.165, 1.54) is 11.3 Å². The highest BCUT2D eigenvalue weighted by Gasteiger charge is 2.28. The second-order valence-corrected chi connectivity index (χ2v) is 9.67. The molecule has 2 unspecified atom stereocenters. The minimum atomic E-state index is -0.468. The van der Waals surface area contributed by atoms with Crippen LogP contribution in [-0.4, -0.2) is 39.3 Å². The lowest BCUT2D eigenvalue weighted by Crippen LogP contribution is -2.33. The maximum absolute atomic E-state index is 12.7. The predicted octanol–water partition coefficient (Wildman–Crippen LogP) is 3.94. The number of phenols is 1. The van der Waals surface area contributed by atoms with Crippen LogP contribution in [0.5, 0.6) is 5.75 Å². The van der Waals surface area contributed by atoms with Crippen LogP contribution in [0.4, 0.5) is 9.80 Å². The number of amides is 2. The third kappa shape index (κ3) is 6.19. The lowest BCUT2D eigenvalue weighted by molar-refractivity contribution is -0.116. The molecule has 0 saturated carbocycles. The number of hydrogen-bond acceptors (Lipinski definition) is 7. The van der Waals surface area contributed by atoms with Crippen LogP contribution in [0.1, 0.15) is 47.3 Å². The monoisotopic (exact) mass is 493 g/mol. The number of phenolic OH excluding ortho intramolecular Hbond substituents is 1. The topological polar surface area (TPSA) is 129 Å². The number of nitriles is 1. The molecule has 0 radical (unpaired) electrons. The van der Waals surface area contributed by atoms with Crippen molar-refractivity contribution in [2.24, 2.45) is 0 Å². The Morgan fingerprint density at radius 3 is 3.03 bits per heavy atom. The lowest BCUT2D eigenvalue weighted by Gasteiger charge is -2.22. The Balaban J connectivity index is 1.32. The number of nitrogens with one attached hydrogen (secondary N) is 2. The van der Waals surface area contributed by atoms with E-state index >= 15 is 0 Å². The van der Waals surface area contributed by atoms with Crippen molar-refractivity contribution >= 4 is 28.3 Å². The molecule has 1 aliphatic carbocycles. The Kier molecular flexibility index (Phi) is 7.67. The van der Waals surface area contributed by atoms with E-state index < -0.39 is 6.09 Å². The molecule has 0 spiro atoms. The molecule has 0 bridgehead atoms.